The summed E-state index contributed by atoms with van der Waals surface area (Å²) in [4.78, 5) is 22.7. The molecule has 0 radical (unpaired) electrons. The van der Waals surface area contributed by atoms with Gasteiger partial charge in [-0.1, -0.05) is 67.1 Å². The standard InChI is InChI=1S/C24H24N4OS/c1-14-7-6-8-15(11-14)21-20-17(12-24(2,3)13-18(20)29)25-22(27-21)28-23-26-16-9-4-5-10-19(16)30-23/h4-11,21H,12-13H2,1-3H3,(H2,25,26,27,28)/t21-/m1/s1. The van der Waals surface area contributed by atoms with Gasteiger partial charge in [0, 0.05) is 17.7 Å². The van der Waals surface area contributed by atoms with Crippen LogP contribution in [0.4, 0.5) is 5.13 Å². The number of aryl methyl sites for hydroxylation is 1. The number of benzene rings is 2. The van der Waals surface area contributed by atoms with E-state index in [1.807, 2.05) is 24.3 Å². The molecule has 1 atom stereocenters. The fourth-order valence-corrected chi connectivity index (χ4v) is 5.17. The molecule has 0 saturated heterocycles. The molecule has 0 saturated carbocycles. The fraction of sp³-hybridized carbons (Fsp3) is 0.292. The molecule has 2 N–H and O–H groups in total. The lowest BCUT2D eigenvalue weighted by Crippen LogP contribution is -2.41. The average Bonchev–Trinajstić information content (AvgIpc) is 3.08. The first kappa shape index (κ1) is 19.0. The largest absolute Gasteiger partial charge is 0.329 e. The van der Waals surface area contributed by atoms with Gasteiger partial charge < -0.3 is 10.6 Å². The van der Waals surface area contributed by atoms with Crippen LogP contribution in [0, 0.1) is 12.3 Å². The molecule has 1 aromatic heterocycles. The number of aromatic nitrogens is 1. The van der Waals surface area contributed by atoms with Gasteiger partial charge in [-0.2, -0.15) is 0 Å². The number of aliphatic imine (C=N–C) groups is 1. The van der Waals surface area contributed by atoms with Crippen molar-refractivity contribution in [2.75, 3.05) is 5.32 Å². The van der Waals surface area contributed by atoms with Crippen molar-refractivity contribution in [3.05, 3.63) is 70.9 Å². The van der Waals surface area contributed by atoms with Crippen LogP contribution in [0.2, 0.25) is 0 Å². The molecular weight excluding hydrogens is 392 g/mol. The maximum atomic E-state index is 13.1. The monoisotopic (exact) mass is 416 g/mol. The van der Waals surface area contributed by atoms with E-state index < -0.39 is 0 Å². The van der Waals surface area contributed by atoms with E-state index in [0.717, 1.165) is 44.2 Å². The SMILES string of the molecule is Cc1cccc([C@H]2N=C(Nc3nc4ccccc4s3)NC3=C2C(=O)CC(C)(C)C3)c1. The van der Waals surface area contributed by atoms with E-state index in [2.05, 4.69) is 60.7 Å². The van der Waals surface area contributed by atoms with Crippen molar-refractivity contribution in [2.45, 2.75) is 39.7 Å². The second kappa shape index (κ2) is 7.06. The van der Waals surface area contributed by atoms with Crippen molar-refractivity contribution in [1.29, 1.82) is 0 Å². The molecule has 0 fully saturated rings. The van der Waals surface area contributed by atoms with E-state index >= 15 is 0 Å². The minimum absolute atomic E-state index is 0.0710. The molecule has 2 aliphatic rings. The zero-order valence-corrected chi connectivity index (χ0v) is 18.1. The summed E-state index contributed by atoms with van der Waals surface area (Å²) in [6.07, 6.45) is 1.36. The highest BCUT2D eigenvalue weighted by Crippen LogP contribution is 2.43. The summed E-state index contributed by atoms with van der Waals surface area (Å²) < 4.78 is 1.13. The summed E-state index contributed by atoms with van der Waals surface area (Å²) in [5, 5.41) is 7.56. The Morgan fingerprint density at radius 2 is 1.97 bits per heavy atom. The number of allylic oxidation sites excluding steroid dienone is 1. The van der Waals surface area contributed by atoms with E-state index in [0.29, 0.717) is 12.4 Å². The Morgan fingerprint density at radius 3 is 2.77 bits per heavy atom. The molecule has 0 bridgehead atoms. The average molecular weight is 417 g/mol. The summed E-state index contributed by atoms with van der Waals surface area (Å²) in [6, 6.07) is 16.0. The maximum Gasteiger partial charge on any atom is 0.202 e. The third kappa shape index (κ3) is 3.52. The van der Waals surface area contributed by atoms with E-state index in [1.54, 1.807) is 11.3 Å². The van der Waals surface area contributed by atoms with Crippen LogP contribution < -0.4 is 10.6 Å². The number of ketones is 1. The maximum absolute atomic E-state index is 13.1. The number of Topliss-reactive ketones (excluding diaryl/α,β-unsaturated/α-hetero) is 1. The molecular formula is C24H24N4OS. The highest BCUT2D eigenvalue weighted by molar-refractivity contribution is 7.22. The summed E-state index contributed by atoms with van der Waals surface area (Å²) in [5.41, 5.74) is 4.87. The summed E-state index contributed by atoms with van der Waals surface area (Å²) in [5.74, 6) is 0.827. The number of fused-ring (bicyclic) bond motifs is 1. The van der Waals surface area contributed by atoms with Gasteiger partial charge in [-0.25, -0.2) is 9.98 Å². The Hall–Kier alpha value is -2.99. The first-order valence-corrected chi connectivity index (χ1v) is 11.0. The Kier molecular flexibility index (Phi) is 4.47. The molecule has 2 heterocycles. The molecule has 0 unspecified atom stereocenters. The number of anilines is 1. The third-order valence-corrected chi connectivity index (χ3v) is 6.55. The van der Waals surface area contributed by atoms with Gasteiger partial charge in [0.2, 0.25) is 5.96 Å². The zero-order valence-electron chi connectivity index (χ0n) is 17.3. The van der Waals surface area contributed by atoms with E-state index in [-0.39, 0.29) is 17.2 Å². The number of nitrogens with zero attached hydrogens (tertiary/aromatic N) is 2. The van der Waals surface area contributed by atoms with E-state index in [9.17, 15) is 4.79 Å². The van der Waals surface area contributed by atoms with Crippen molar-refractivity contribution in [1.82, 2.24) is 10.3 Å². The zero-order chi connectivity index (χ0) is 20.9. The minimum Gasteiger partial charge on any atom is -0.329 e. The molecule has 5 nitrogen and oxygen atoms in total. The van der Waals surface area contributed by atoms with Crippen LogP contribution in [-0.2, 0) is 4.79 Å². The van der Waals surface area contributed by atoms with Gasteiger partial charge in [-0.15, -0.1) is 0 Å². The molecule has 1 aliphatic heterocycles. The van der Waals surface area contributed by atoms with Gasteiger partial charge in [0.05, 0.1) is 10.2 Å². The highest BCUT2D eigenvalue weighted by atomic mass is 32.1. The molecule has 152 valence electrons. The van der Waals surface area contributed by atoms with Crippen LogP contribution in [0.5, 0.6) is 0 Å². The number of thiazole rings is 1. The van der Waals surface area contributed by atoms with Crippen molar-refractivity contribution in [2.24, 2.45) is 10.4 Å². The molecule has 2 aromatic carbocycles. The number of nitrogens with one attached hydrogen (secondary N) is 2. The van der Waals surface area contributed by atoms with Crippen LogP contribution in [0.25, 0.3) is 10.2 Å². The molecule has 1 aliphatic carbocycles. The topological polar surface area (TPSA) is 66.4 Å². The number of guanidine groups is 1. The Balaban J connectivity index is 1.55. The first-order valence-electron chi connectivity index (χ1n) is 10.2. The van der Waals surface area contributed by atoms with Gasteiger partial charge in [-0.3, -0.25) is 4.79 Å². The van der Waals surface area contributed by atoms with Gasteiger partial charge >= 0.3 is 0 Å². The Labute approximate surface area is 179 Å². The number of hydrogen-bond acceptors (Lipinski definition) is 6. The Morgan fingerprint density at radius 1 is 1.13 bits per heavy atom. The highest BCUT2D eigenvalue weighted by Gasteiger charge is 2.39. The van der Waals surface area contributed by atoms with Crippen LogP contribution in [0.1, 0.15) is 43.9 Å². The lowest BCUT2D eigenvalue weighted by molar-refractivity contribution is -0.118. The van der Waals surface area contributed by atoms with Crippen LogP contribution >= 0.6 is 11.3 Å². The first-order chi connectivity index (χ1) is 14.4. The van der Waals surface area contributed by atoms with Crippen molar-refractivity contribution < 1.29 is 4.79 Å². The lowest BCUT2D eigenvalue weighted by atomic mass is 9.73. The normalized spacial score (nSPS) is 20.6. The second-order valence-electron chi connectivity index (χ2n) is 8.86. The lowest BCUT2D eigenvalue weighted by Gasteiger charge is -2.37. The van der Waals surface area contributed by atoms with Crippen LogP contribution in [0.15, 0.2) is 64.8 Å². The molecule has 0 amide bonds. The van der Waals surface area contributed by atoms with Crippen LogP contribution in [-0.4, -0.2) is 16.7 Å². The predicted molar refractivity (Wildman–Crippen MR) is 123 cm³/mol. The van der Waals surface area contributed by atoms with Crippen molar-refractivity contribution in [3.8, 4) is 0 Å². The minimum atomic E-state index is -0.304. The van der Waals surface area contributed by atoms with Gasteiger partial charge in [0.25, 0.3) is 0 Å². The number of hydrogen-bond donors (Lipinski definition) is 2. The summed E-state index contributed by atoms with van der Waals surface area (Å²) >= 11 is 1.59. The number of para-hydroxylation sites is 1. The fourth-order valence-electron chi connectivity index (χ4n) is 4.30. The summed E-state index contributed by atoms with van der Waals surface area (Å²) in [6.45, 7) is 6.35. The van der Waals surface area contributed by atoms with Crippen molar-refractivity contribution in [3.63, 3.8) is 0 Å². The van der Waals surface area contributed by atoms with Crippen molar-refractivity contribution >= 4 is 38.4 Å². The molecule has 30 heavy (non-hydrogen) atoms. The second-order valence-corrected chi connectivity index (χ2v) is 9.89. The number of rotatable bonds is 2. The number of carbonyl (C=O) groups excluding carboxylic acids is 1. The van der Waals surface area contributed by atoms with Gasteiger partial charge in [-0.05, 0) is 36.5 Å². The quantitative estimate of drug-likeness (QED) is 0.590. The molecule has 5 rings (SSSR count). The molecule has 3 aromatic rings. The predicted octanol–water partition coefficient (Wildman–Crippen LogP) is 5.36. The smallest absolute Gasteiger partial charge is 0.202 e. The van der Waals surface area contributed by atoms with Crippen LogP contribution in [0.3, 0.4) is 0 Å². The van der Waals surface area contributed by atoms with E-state index in [4.69, 9.17) is 4.99 Å². The summed E-state index contributed by atoms with van der Waals surface area (Å²) in [7, 11) is 0. The third-order valence-electron chi connectivity index (χ3n) is 5.60. The Bertz CT molecular complexity index is 1190. The molecule has 0 spiro atoms. The number of carbonyl (C=O) groups is 1. The van der Waals surface area contributed by atoms with Gasteiger partial charge in [0.1, 0.15) is 6.04 Å². The molecule has 6 heteroatoms. The van der Waals surface area contributed by atoms with E-state index in [1.165, 1.54) is 0 Å². The van der Waals surface area contributed by atoms with Gasteiger partial charge in [0.15, 0.2) is 10.9 Å².